The van der Waals surface area contributed by atoms with Gasteiger partial charge in [-0.05, 0) is 77.8 Å². The molecule has 1 aromatic heterocycles. The summed E-state index contributed by atoms with van der Waals surface area (Å²) in [6, 6.07) is 13.2. The molecule has 6 nitrogen and oxygen atoms in total. The third-order valence-corrected chi connectivity index (χ3v) is 5.83. The Morgan fingerprint density at radius 2 is 1.83 bits per heavy atom. The molecule has 2 aromatic carbocycles. The highest BCUT2D eigenvalue weighted by atomic mass is 79.9. The van der Waals surface area contributed by atoms with Crippen LogP contribution in [0, 0.1) is 6.92 Å². The molecule has 0 N–H and O–H groups in total. The largest absolute Gasteiger partial charge is 0.497 e. The minimum absolute atomic E-state index is 0.115. The Kier molecular flexibility index (Phi) is 7.70. The number of nitrogens with zero attached hydrogens (tertiary/aromatic N) is 1. The zero-order chi connectivity index (χ0) is 21.5. The number of benzene rings is 2. The number of hydrogen-bond acceptors (Lipinski definition) is 7. The molecule has 0 aliphatic heterocycles. The van der Waals surface area contributed by atoms with Gasteiger partial charge in [-0.2, -0.15) is 0 Å². The van der Waals surface area contributed by atoms with Gasteiger partial charge in [-0.1, -0.05) is 0 Å². The van der Waals surface area contributed by atoms with Crippen LogP contribution < -0.4 is 14.2 Å². The molecule has 8 heteroatoms. The van der Waals surface area contributed by atoms with Crippen molar-refractivity contribution in [2.24, 2.45) is 0 Å². The van der Waals surface area contributed by atoms with E-state index in [1.54, 1.807) is 26.2 Å². The minimum Gasteiger partial charge on any atom is -0.497 e. The highest BCUT2D eigenvalue weighted by molar-refractivity contribution is 9.11. The Bertz CT molecular complexity index is 1000. The number of rotatable bonds is 9. The lowest BCUT2D eigenvalue weighted by Crippen LogP contribution is -2.14. The highest BCUT2D eigenvalue weighted by Crippen LogP contribution is 2.34. The van der Waals surface area contributed by atoms with E-state index in [4.69, 9.17) is 18.9 Å². The average molecular weight is 492 g/mol. The lowest BCUT2D eigenvalue weighted by Gasteiger charge is -2.10. The second-order valence-corrected chi connectivity index (χ2v) is 8.67. The van der Waals surface area contributed by atoms with E-state index >= 15 is 0 Å². The van der Waals surface area contributed by atoms with Gasteiger partial charge in [0.15, 0.2) is 6.61 Å². The van der Waals surface area contributed by atoms with Gasteiger partial charge in [0.1, 0.15) is 28.9 Å². The lowest BCUT2D eigenvalue weighted by molar-refractivity contribution is -0.145. The number of methoxy groups -OCH3 is 1. The molecule has 0 atom stereocenters. The first kappa shape index (κ1) is 22.1. The molecular weight excluding hydrogens is 470 g/mol. The molecule has 0 spiro atoms. The van der Waals surface area contributed by atoms with Crippen LogP contribution >= 0.6 is 27.3 Å². The van der Waals surface area contributed by atoms with Crippen LogP contribution in [0.25, 0.3) is 11.3 Å². The summed E-state index contributed by atoms with van der Waals surface area (Å²) in [6.07, 6.45) is 0. The Morgan fingerprint density at radius 1 is 1.10 bits per heavy atom. The Labute approximate surface area is 187 Å². The topological polar surface area (TPSA) is 66.9 Å². The second-order valence-electron chi connectivity index (χ2n) is 6.27. The number of thiazole rings is 1. The van der Waals surface area contributed by atoms with Crippen molar-refractivity contribution >= 4 is 33.2 Å². The van der Waals surface area contributed by atoms with E-state index in [0.29, 0.717) is 24.7 Å². The number of halogens is 1. The molecule has 3 aromatic rings. The summed E-state index contributed by atoms with van der Waals surface area (Å²) >= 11 is 5.13. The summed E-state index contributed by atoms with van der Waals surface area (Å²) in [5.41, 5.74) is 2.75. The third-order valence-electron chi connectivity index (χ3n) is 4.15. The van der Waals surface area contributed by atoms with Crippen LogP contribution in [0.1, 0.15) is 17.5 Å². The van der Waals surface area contributed by atoms with Crippen LogP contribution in [0.3, 0.4) is 0 Å². The number of aromatic nitrogens is 1. The zero-order valence-corrected chi connectivity index (χ0v) is 19.3. The summed E-state index contributed by atoms with van der Waals surface area (Å²) in [7, 11) is 1.64. The summed E-state index contributed by atoms with van der Waals surface area (Å²) in [5.74, 6) is 1.74. The molecule has 0 fully saturated rings. The zero-order valence-electron chi connectivity index (χ0n) is 16.9. The molecule has 1 heterocycles. The Hall–Kier alpha value is -2.58. The maximum Gasteiger partial charge on any atom is 0.344 e. The first-order valence-electron chi connectivity index (χ1n) is 9.31. The fraction of sp³-hybridized carbons (Fsp3) is 0.273. The maximum absolute atomic E-state index is 11.4. The van der Waals surface area contributed by atoms with Crippen molar-refractivity contribution in [1.82, 2.24) is 4.98 Å². The molecule has 0 aliphatic rings. The Balaban J connectivity index is 1.61. The van der Waals surface area contributed by atoms with Gasteiger partial charge in [0.25, 0.3) is 0 Å². The van der Waals surface area contributed by atoms with Crippen LogP contribution in [0.4, 0.5) is 0 Å². The van der Waals surface area contributed by atoms with Gasteiger partial charge in [0, 0.05) is 5.56 Å². The van der Waals surface area contributed by atoms with Crippen LogP contribution in [0.15, 0.2) is 46.3 Å². The molecule has 3 rings (SSSR count). The van der Waals surface area contributed by atoms with Gasteiger partial charge in [0.2, 0.25) is 0 Å². The third kappa shape index (κ3) is 5.73. The van der Waals surface area contributed by atoms with E-state index in [1.807, 2.05) is 37.3 Å². The number of hydrogen-bond donors (Lipinski definition) is 0. The smallest absolute Gasteiger partial charge is 0.344 e. The van der Waals surface area contributed by atoms with E-state index in [-0.39, 0.29) is 12.6 Å². The predicted octanol–water partition coefficient (Wildman–Crippen LogP) is 5.41. The number of aryl methyl sites for hydroxylation is 1. The summed E-state index contributed by atoms with van der Waals surface area (Å²) < 4.78 is 22.4. The molecule has 0 bridgehead atoms. The fourth-order valence-corrected chi connectivity index (χ4v) is 4.29. The molecule has 158 valence electrons. The molecule has 30 heavy (non-hydrogen) atoms. The lowest BCUT2D eigenvalue weighted by atomic mass is 10.2. The van der Waals surface area contributed by atoms with Crippen molar-refractivity contribution in [3.8, 4) is 28.5 Å². The molecular formula is C22H22BrNO5S. The van der Waals surface area contributed by atoms with Gasteiger partial charge >= 0.3 is 5.97 Å². The molecule has 0 radical (unpaired) electrons. The molecule has 0 amide bonds. The summed E-state index contributed by atoms with van der Waals surface area (Å²) in [6.45, 7) is 4.23. The van der Waals surface area contributed by atoms with Crippen molar-refractivity contribution in [2.45, 2.75) is 20.5 Å². The van der Waals surface area contributed by atoms with Gasteiger partial charge in [0.05, 0.1) is 23.2 Å². The van der Waals surface area contributed by atoms with Gasteiger partial charge in [-0.25, -0.2) is 9.78 Å². The van der Waals surface area contributed by atoms with Crippen molar-refractivity contribution in [1.29, 1.82) is 0 Å². The van der Waals surface area contributed by atoms with Crippen LogP contribution in [0.2, 0.25) is 0 Å². The Morgan fingerprint density at radius 3 is 2.50 bits per heavy atom. The van der Waals surface area contributed by atoms with Crippen LogP contribution in [-0.4, -0.2) is 31.3 Å². The van der Waals surface area contributed by atoms with E-state index in [2.05, 4.69) is 20.9 Å². The first-order valence-corrected chi connectivity index (χ1v) is 10.9. The van der Waals surface area contributed by atoms with E-state index < -0.39 is 0 Å². The SMILES string of the molecule is CCOC(=O)COc1ccc(OCc2nc(-c3ccc(OC)cc3)c(Br)s2)cc1C. The first-order chi connectivity index (χ1) is 14.5. The quantitative estimate of drug-likeness (QED) is 0.372. The molecule has 0 unspecified atom stereocenters. The number of ether oxygens (including phenoxy) is 4. The van der Waals surface area contributed by atoms with Gasteiger partial charge in [-0.15, -0.1) is 11.3 Å². The van der Waals surface area contributed by atoms with Crippen molar-refractivity contribution < 1.29 is 23.7 Å². The molecule has 0 aliphatic carbocycles. The van der Waals surface area contributed by atoms with E-state index in [0.717, 1.165) is 31.4 Å². The molecule has 0 saturated heterocycles. The normalized spacial score (nSPS) is 10.5. The van der Waals surface area contributed by atoms with Gasteiger partial charge < -0.3 is 18.9 Å². The van der Waals surface area contributed by atoms with Crippen molar-refractivity contribution in [2.75, 3.05) is 20.3 Å². The maximum atomic E-state index is 11.4. The summed E-state index contributed by atoms with van der Waals surface area (Å²) in [4.78, 5) is 16.1. The van der Waals surface area contributed by atoms with Crippen LogP contribution in [-0.2, 0) is 16.1 Å². The minimum atomic E-state index is -0.390. The monoisotopic (exact) mass is 491 g/mol. The number of carbonyl (C=O) groups excluding carboxylic acids is 1. The average Bonchev–Trinajstić information content (AvgIpc) is 3.12. The van der Waals surface area contributed by atoms with Crippen molar-refractivity contribution in [3.05, 3.63) is 56.8 Å². The molecule has 0 saturated carbocycles. The summed E-state index contributed by atoms with van der Waals surface area (Å²) in [5, 5.41) is 0.855. The van der Waals surface area contributed by atoms with Crippen LogP contribution in [0.5, 0.6) is 17.2 Å². The van der Waals surface area contributed by atoms with Gasteiger partial charge in [-0.3, -0.25) is 0 Å². The van der Waals surface area contributed by atoms with E-state index in [9.17, 15) is 4.79 Å². The second kappa shape index (κ2) is 10.4. The fourth-order valence-electron chi connectivity index (χ4n) is 2.69. The van der Waals surface area contributed by atoms with Crippen molar-refractivity contribution in [3.63, 3.8) is 0 Å². The number of carbonyl (C=O) groups is 1. The van der Waals surface area contributed by atoms with E-state index in [1.165, 1.54) is 11.3 Å². The number of esters is 1. The predicted molar refractivity (Wildman–Crippen MR) is 119 cm³/mol. The highest BCUT2D eigenvalue weighted by Gasteiger charge is 2.12. The standard InChI is InChI=1S/C22H22BrNO5S/c1-4-27-20(25)13-29-18-10-9-17(11-14(18)2)28-12-19-24-21(22(23)30-19)15-5-7-16(26-3)8-6-15/h5-11H,4,12-13H2,1-3H3.